The Balaban J connectivity index is 0.000000316. The minimum Gasteiger partial charge on any atom is -0.491 e. The first kappa shape index (κ1) is 114. The number of aliphatic hydroxyl groups excluding tert-OH is 2. The van der Waals surface area contributed by atoms with E-state index in [-0.39, 0.29) is 94.6 Å². The standard InChI is InChI=1S/C30H45NO3.2C30H43NO3.C28H38O4/c3*1-10-30(11-2,24-14-12-23(21(3)18-24)13-17-28(33)31(8)9)25-15-16-26(22(4)19-25)34-20-27(32)29(5,6)7;1-8-28(9-2,22-12-10-21(19(3)16-22)11-15-26(30)31)23-13-14-24(20(4)17-23)32-18-25(29)27(5,6)7/h12,14-16,18-19,27,32H,10-11,13,17,20H2,1-9H3;12,14-16,18-19H,10-11,13,17,20H2,1-9H3;12-19,27,32H,10-11,20H2,1-9H3;10,12-14,16-17H,8-9,11,15,18H2,1-7H3,(H,30,31)/b;;17-13+;. The maximum Gasteiger partial charge on any atom is 0.303 e. The maximum atomic E-state index is 12.3. The highest BCUT2D eigenvalue weighted by atomic mass is 16.5. The summed E-state index contributed by atoms with van der Waals surface area (Å²) in [5, 5.41) is 29.7. The number of rotatable bonds is 39. The molecule has 8 rings (SSSR count). The van der Waals surface area contributed by atoms with E-state index < -0.39 is 29.0 Å². The number of aliphatic carboxylic acids is 1. The van der Waals surface area contributed by atoms with Crippen LogP contribution in [0.2, 0.25) is 0 Å². The lowest BCUT2D eigenvalue weighted by Crippen LogP contribution is -2.32. The van der Waals surface area contributed by atoms with E-state index in [4.69, 9.17) is 24.1 Å². The van der Waals surface area contributed by atoms with Crippen molar-refractivity contribution in [1.29, 1.82) is 0 Å². The number of carboxylic acids is 1. The van der Waals surface area contributed by atoms with Gasteiger partial charge in [0.05, 0.1) is 12.2 Å². The van der Waals surface area contributed by atoms with Gasteiger partial charge in [-0.1, -0.05) is 260 Å². The van der Waals surface area contributed by atoms with Crippen molar-refractivity contribution in [3.63, 3.8) is 0 Å². The Morgan fingerprint density at radius 3 is 0.776 bits per heavy atom. The van der Waals surface area contributed by atoms with Gasteiger partial charge in [-0.25, -0.2) is 0 Å². The molecule has 16 heteroatoms. The zero-order chi connectivity index (χ0) is 101. The number of Topliss-reactive ketones (excluding diaryl/α,β-unsaturated/α-hetero) is 2. The molecule has 0 heterocycles. The van der Waals surface area contributed by atoms with E-state index >= 15 is 0 Å². The highest BCUT2D eigenvalue weighted by Crippen LogP contribution is 2.47. The normalized spacial score (nSPS) is 12.5. The SMILES string of the molecule is CCC(CC)(c1ccc(/C=C/C(=O)N(C)C)c(C)c1)c1ccc(OCC(O)C(C)(C)C)c(C)c1.CCC(CC)(c1ccc(CCC(=O)N(C)C)c(C)c1)c1ccc(OCC(=O)C(C)(C)C)c(C)c1.CCC(CC)(c1ccc(CCC(=O)N(C)C)c(C)c1)c1ccc(OCC(O)C(C)(C)C)c(C)c1.CCC(CC)(c1ccc(CCC(=O)O)c(C)c1)c1ccc(OCC(=O)C(C)(C)C)c(C)c1. The molecule has 0 aliphatic carbocycles. The van der Waals surface area contributed by atoms with Crippen LogP contribution >= 0.6 is 0 Å². The molecule has 0 aromatic heterocycles. The van der Waals surface area contributed by atoms with Crippen LogP contribution in [0, 0.1) is 77.0 Å². The number of aliphatic hydroxyl groups is 2. The fourth-order valence-corrected chi connectivity index (χ4v) is 17.4. The first-order valence-electron chi connectivity index (χ1n) is 48.8. The zero-order valence-corrected chi connectivity index (χ0v) is 88.7. The van der Waals surface area contributed by atoms with Crippen molar-refractivity contribution in [3.8, 4) is 23.0 Å². The smallest absolute Gasteiger partial charge is 0.303 e. The molecule has 16 nitrogen and oxygen atoms in total. The van der Waals surface area contributed by atoms with E-state index in [1.807, 2.05) is 127 Å². The molecule has 0 saturated heterocycles. The Labute approximate surface area is 808 Å². The van der Waals surface area contributed by atoms with Crippen LogP contribution in [0.4, 0.5) is 0 Å². The van der Waals surface area contributed by atoms with Crippen molar-refractivity contribution in [2.24, 2.45) is 21.7 Å². The lowest BCUT2D eigenvalue weighted by molar-refractivity contribution is -0.137. The molecule has 8 aromatic carbocycles. The first-order valence-corrected chi connectivity index (χ1v) is 48.8. The quantitative estimate of drug-likeness (QED) is 0.0307. The highest BCUT2D eigenvalue weighted by molar-refractivity contribution is 5.91. The summed E-state index contributed by atoms with van der Waals surface area (Å²) in [6.45, 7) is 58.8. The van der Waals surface area contributed by atoms with Crippen molar-refractivity contribution in [2.45, 2.75) is 318 Å². The van der Waals surface area contributed by atoms with Crippen molar-refractivity contribution in [3.05, 3.63) is 263 Å². The average Bonchev–Trinajstić information content (AvgIpc) is 0.783. The van der Waals surface area contributed by atoms with Gasteiger partial charge in [-0.05, 0) is 278 Å². The van der Waals surface area contributed by atoms with E-state index in [2.05, 4.69) is 218 Å². The van der Waals surface area contributed by atoms with Crippen LogP contribution in [0.25, 0.3) is 6.08 Å². The van der Waals surface area contributed by atoms with Crippen LogP contribution in [0.3, 0.4) is 0 Å². The molecule has 0 bridgehead atoms. The molecular weight excluding hydrogens is 1670 g/mol. The van der Waals surface area contributed by atoms with Gasteiger partial charge in [0.1, 0.15) is 49.4 Å². The number of aryl methyl sites for hydroxylation is 11. The number of hydrogen-bond donors (Lipinski definition) is 3. The average molecular weight is 1840 g/mol. The number of carboxylic acid groups (broad SMARTS) is 1. The molecule has 3 N–H and O–H groups in total. The molecule has 8 aromatic rings. The Morgan fingerprint density at radius 2 is 0.560 bits per heavy atom. The maximum absolute atomic E-state index is 12.3. The Morgan fingerprint density at radius 1 is 0.321 bits per heavy atom. The second-order valence-corrected chi connectivity index (χ2v) is 41.9. The topological polar surface area (TPSA) is 210 Å². The van der Waals surface area contributed by atoms with Gasteiger partial charge in [-0.2, -0.15) is 0 Å². The van der Waals surface area contributed by atoms with Crippen LogP contribution < -0.4 is 18.9 Å². The molecular formula is C118H169N3O13. The lowest BCUT2D eigenvalue weighted by atomic mass is 9.69. The monoisotopic (exact) mass is 1840 g/mol. The minimum absolute atomic E-state index is 0.0206. The molecule has 3 amide bonds. The molecule has 0 radical (unpaired) electrons. The van der Waals surface area contributed by atoms with Gasteiger partial charge >= 0.3 is 5.97 Å². The lowest BCUT2D eigenvalue weighted by Gasteiger charge is -2.34. The number of carbonyl (C=O) groups excluding carboxylic acids is 5. The fraction of sp³-hybridized carbons (Fsp3) is 0.525. The van der Waals surface area contributed by atoms with E-state index in [9.17, 15) is 39.0 Å². The van der Waals surface area contributed by atoms with Crippen molar-refractivity contribution >= 4 is 41.3 Å². The van der Waals surface area contributed by atoms with E-state index in [1.54, 1.807) is 63.1 Å². The molecule has 0 aliphatic rings. The number of hydrogen-bond acceptors (Lipinski definition) is 12. The van der Waals surface area contributed by atoms with Gasteiger partial charge in [-0.15, -0.1) is 0 Å². The van der Waals surface area contributed by atoms with E-state index in [1.165, 1.54) is 66.8 Å². The number of benzene rings is 8. The van der Waals surface area contributed by atoms with Gasteiger partial charge in [-0.3, -0.25) is 28.8 Å². The largest absolute Gasteiger partial charge is 0.491 e. The predicted molar refractivity (Wildman–Crippen MR) is 554 cm³/mol. The number of ether oxygens (including phenoxy) is 4. The zero-order valence-electron chi connectivity index (χ0n) is 88.7. The summed E-state index contributed by atoms with van der Waals surface area (Å²) < 4.78 is 23.7. The third-order valence-corrected chi connectivity index (χ3v) is 28.1. The molecule has 0 spiro atoms. The first-order chi connectivity index (χ1) is 62.5. The summed E-state index contributed by atoms with van der Waals surface area (Å²) in [7, 11) is 10.7. The minimum atomic E-state index is -0.771. The Hall–Kier alpha value is -10.2. The van der Waals surface area contributed by atoms with Crippen LogP contribution in [0.15, 0.2) is 152 Å². The van der Waals surface area contributed by atoms with Gasteiger partial charge in [0.2, 0.25) is 17.7 Å². The predicted octanol–water partition coefficient (Wildman–Crippen LogP) is 25.4. The summed E-state index contributed by atoms with van der Waals surface area (Å²) in [6.07, 6.45) is 13.5. The number of likely N-dealkylation sites (N-methyl/N-ethyl adjacent to an activating group) is 1. The van der Waals surface area contributed by atoms with Crippen molar-refractivity contribution < 1.29 is 63.0 Å². The third-order valence-electron chi connectivity index (χ3n) is 28.1. The van der Waals surface area contributed by atoms with Gasteiger partial charge in [0.15, 0.2) is 11.6 Å². The Bertz CT molecular complexity index is 5250. The second-order valence-electron chi connectivity index (χ2n) is 41.9. The van der Waals surface area contributed by atoms with Crippen LogP contribution in [-0.4, -0.2) is 146 Å². The second kappa shape index (κ2) is 50.1. The third kappa shape index (κ3) is 30.4. The van der Waals surface area contributed by atoms with E-state index in [0.717, 1.165) is 132 Å². The highest BCUT2D eigenvalue weighted by Gasteiger charge is 2.38. The molecule has 0 aliphatic heterocycles. The summed E-state index contributed by atoms with van der Waals surface area (Å²) in [5.41, 5.74) is 22.1. The van der Waals surface area contributed by atoms with Gasteiger partial charge in [0, 0.05) is 100 Å². The molecule has 0 fully saturated rings. The number of carbonyl (C=O) groups is 6. The summed E-state index contributed by atoms with van der Waals surface area (Å²) in [6, 6.07) is 52.0. The molecule has 2 unspecified atom stereocenters. The number of amides is 3. The van der Waals surface area contributed by atoms with Crippen molar-refractivity contribution in [2.75, 3.05) is 68.7 Å². The van der Waals surface area contributed by atoms with E-state index in [0.29, 0.717) is 19.3 Å². The Kier molecular flexibility index (Phi) is 42.7. The molecule has 2 atom stereocenters. The molecule has 134 heavy (non-hydrogen) atoms. The van der Waals surface area contributed by atoms with Crippen LogP contribution in [0.5, 0.6) is 23.0 Å². The summed E-state index contributed by atoms with van der Waals surface area (Å²) in [4.78, 5) is 76.3. The summed E-state index contributed by atoms with van der Waals surface area (Å²) >= 11 is 0. The molecule has 734 valence electrons. The number of ketones is 2. The van der Waals surface area contributed by atoms with Crippen LogP contribution in [0.1, 0.15) is 320 Å². The van der Waals surface area contributed by atoms with Gasteiger partial charge < -0.3 is 49.0 Å². The van der Waals surface area contributed by atoms with Crippen LogP contribution in [-0.2, 0) is 69.7 Å². The van der Waals surface area contributed by atoms with Crippen molar-refractivity contribution in [1.82, 2.24) is 14.7 Å². The number of nitrogens with zero attached hydrogens (tertiary/aromatic N) is 3. The summed E-state index contributed by atoms with van der Waals surface area (Å²) in [5.74, 6) is 2.84. The van der Waals surface area contributed by atoms with Gasteiger partial charge in [0.25, 0.3) is 0 Å². The molecule has 0 saturated carbocycles. The fourth-order valence-electron chi connectivity index (χ4n) is 17.4.